The van der Waals surface area contributed by atoms with Crippen LogP contribution in [0.3, 0.4) is 0 Å². The molecule has 1 saturated heterocycles. The Bertz CT molecular complexity index is 277. The van der Waals surface area contributed by atoms with Crippen molar-refractivity contribution in [3.05, 3.63) is 23.7 Å². The Morgan fingerprint density at radius 1 is 1.36 bits per heavy atom. The van der Waals surface area contributed by atoms with Crippen LogP contribution in [0.15, 0.2) is 16.5 Å². The summed E-state index contributed by atoms with van der Waals surface area (Å²) in [6.07, 6.45) is 1.04. The van der Waals surface area contributed by atoms with Crippen molar-refractivity contribution in [2.75, 3.05) is 32.7 Å². The Hall–Kier alpha value is -0.800. The summed E-state index contributed by atoms with van der Waals surface area (Å²) in [4.78, 5) is 2.48. The van der Waals surface area contributed by atoms with Crippen LogP contribution in [0.4, 0.5) is 0 Å². The van der Waals surface area contributed by atoms with Crippen molar-refractivity contribution < 1.29 is 4.42 Å². The van der Waals surface area contributed by atoms with Gasteiger partial charge in [-0.2, -0.15) is 0 Å². The summed E-state index contributed by atoms with van der Waals surface area (Å²) in [7, 11) is 0. The van der Waals surface area contributed by atoms with Crippen molar-refractivity contribution in [2.45, 2.75) is 13.3 Å². The molecule has 1 fully saturated rings. The van der Waals surface area contributed by atoms with E-state index < -0.39 is 0 Å². The van der Waals surface area contributed by atoms with Crippen molar-refractivity contribution in [3.8, 4) is 0 Å². The van der Waals surface area contributed by atoms with Gasteiger partial charge in [0.25, 0.3) is 0 Å². The molecule has 0 bridgehead atoms. The summed E-state index contributed by atoms with van der Waals surface area (Å²) in [6, 6.07) is 4.12. The minimum absolute atomic E-state index is 1.01. The summed E-state index contributed by atoms with van der Waals surface area (Å²) in [5.74, 6) is 2.13. The van der Waals surface area contributed by atoms with Gasteiger partial charge in [0.1, 0.15) is 11.5 Å². The van der Waals surface area contributed by atoms with Gasteiger partial charge in [-0.15, -0.1) is 0 Å². The predicted molar refractivity (Wildman–Crippen MR) is 56.5 cm³/mol. The molecule has 14 heavy (non-hydrogen) atoms. The highest BCUT2D eigenvalue weighted by Crippen LogP contribution is 2.07. The molecular weight excluding hydrogens is 176 g/mol. The van der Waals surface area contributed by atoms with E-state index in [4.69, 9.17) is 4.42 Å². The van der Waals surface area contributed by atoms with Gasteiger partial charge in [-0.1, -0.05) is 0 Å². The second kappa shape index (κ2) is 4.62. The average Bonchev–Trinajstić information content (AvgIpc) is 2.63. The lowest BCUT2D eigenvalue weighted by Gasteiger charge is -2.26. The van der Waals surface area contributed by atoms with Crippen molar-refractivity contribution in [1.82, 2.24) is 10.2 Å². The molecule has 0 amide bonds. The van der Waals surface area contributed by atoms with E-state index in [9.17, 15) is 0 Å². The fourth-order valence-corrected chi connectivity index (χ4v) is 1.82. The number of nitrogens with zero attached hydrogens (tertiary/aromatic N) is 1. The zero-order valence-corrected chi connectivity index (χ0v) is 8.75. The number of nitrogens with one attached hydrogen (secondary N) is 1. The number of rotatable bonds is 3. The van der Waals surface area contributed by atoms with Crippen LogP contribution in [-0.2, 0) is 6.42 Å². The Labute approximate surface area is 85.1 Å². The molecule has 1 aliphatic rings. The van der Waals surface area contributed by atoms with Gasteiger partial charge < -0.3 is 14.6 Å². The second-order valence-corrected chi connectivity index (χ2v) is 3.85. The van der Waals surface area contributed by atoms with Gasteiger partial charge in [0.15, 0.2) is 0 Å². The molecule has 1 aromatic rings. The van der Waals surface area contributed by atoms with Crippen LogP contribution >= 0.6 is 0 Å². The predicted octanol–water partition coefficient (Wildman–Crippen LogP) is 1.04. The van der Waals surface area contributed by atoms with Crippen LogP contribution in [0.1, 0.15) is 11.5 Å². The zero-order chi connectivity index (χ0) is 9.80. The van der Waals surface area contributed by atoms with Crippen LogP contribution in [0.25, 0.3) is 0 Å². The van der Waals surface area contributed by atoms with Gasteiger partial charge in [0.2, 0.25) is 0 Å². The van der Waals surface area contributed by atoms with Gasteiger partial charge in [0, 0.05) is 39.1 Å². The lowest BCUT2D eigenvalue weighted by molar-refractivity contribution is 0.238. The minimum Gasteiger partial charge on any atom is -0.466 e. The van der Waals surface area contributed by atoms with Crippen molar-refractivity contribution in [2.24, 2.45) is 0 Å². The Balaban J connectivity index is 1.76. The van der Waals surface area contributed by atoms with Gasteiger partial charge in [-0.3, -0.25) is 0 Å². The third kappa shape index (κ3) is 2.59. The van der Waals surface area contributed by atoms with Crippen molar-refractivity contribution >= 4 is 0 Å². The van der Waals surface area contributed by atoms with Gasteiger partial charge in [-0.25, -0.2) is 0 Å². The van der Waals surface area contributed by atoms with E-state index in [0.717, 1.165) is 37.6 Å². The molecule has 1 aliphatic heterocycles. The number of piperazine rings is 1. The second-order valence-electron chi connectivity index (χ2n) is 3.85. The number of hydrogen-bond donors (Lipinski definition) is 1. The van der Waals surface area contributed by atoms with E-state index in [1.165, 1.54) is 13.1 Å². The molecule has 0 atom stereocenters. The van der Waals surface area contributed by atoms with E-state index in [2.05, 4.69) is 16.3 Å². The quantitative estimate of drug-likeness (QED) is 0.779. The summed E-state index contributed by atoms with van der Waals surface area (Å²) < 4.78 is 5.53. The Kier molecular flexibility index (Phi) is 3.22. The number of furan rings is 1. The molecule has 0 aromatic carbocycles. The van der Waals surface area contributed by atoms with Crippen molar-refractivity contribution in [1.29, 1.82) is 0 Å². The van der Waals surface area contributed by atoms with E-state index in [0.29, 0.717) is 0 Å². The first-order valence-electron chi connectivity index (χ1n) is 5.33. The average molecular weight is 194 g/mol. The SMILES string of the molecule is Cc1ccc(CCN2CCNCC2)o1. The molecule has 2 rings (SSSR count). The molecule has 3 heteroatoms. The van der Waals surface area contributed by atoms with Crippen LogP contribution in [0.5, 0.6) is 0 Å². The molecule has 0 aliphatic carbocycles. The van der Waals surface area contributed by atoms with E-state index in [1.807, 2.05) is 13.0 Å². The fourth-order valence-electron chi connectivity index (χ4n) is 1.82. The lowest BCUT2D eigenvalue weighted by atomic mass is 10.3. The number of hydrogen-bond acceptors (Lipinski definition) is 3. The minimum atomic E-state index is 1.01. The maximum atomic E-state index is 5.53. The molecule has 78 valence electrons. The standard InChI is InChI=1S/C11H18N2O/c1-10-2-3-11(14-10)4-7-13-8-5-12-6-9-13/h2-3,12H,4-9H2,1H3. The maximum absolute atomic E-state index is 5.53. The van der Waals surface area contributed by atoms with Crippen LogP contribution in [0, 0.1) is 6.92 Å². The monoisotopic (exact) mass is 194 g/mol. The first-order valence-corrected chi connectivity index (χ1v) is 5.33. The van der Waals surface area contributed by atoms with E-state index >= 15 is 0 Å². The van der Waals surface area contributed by atoms with Gasteiger partial charge >= 0.3 is 0 Å². The maximum Gasteiger partial charge on any atom is 0.105 e. The van der Waals surface area contributed by atoms with Crippen LogP contribution in [0.2, 0.25) is 0 Å². The molecule has 1 aromatic heterocycles. The van der Waals surface area contributed by atoms with Gasteiger partial charge in [0.05, 0.1) is 0 Å². The smallest absolute Gasteiger partial charge is 0.105 e. The van der Waals surface area contributed by atoms with E-state index in [1.54, 1.807) is 0 Å². The zero-order valence-electron chi connectivity index (χ0n) is 8.75. The highest BCUT2D eigenvalue weighted by atomic mass is 16.3. The number of aryl methyl sites for hydroxylation is 1. The van der Waals surface area contributed by atoms with Crippen LogP contribution < -0.4 is 5.32 Å². The first kappa shape index (κ1) is 9.74. The van der Waals surface area contributed by atoms with Crippen molar-refractivity contribution in [3.63, 3.8) is 0 Å². The van der Waals surface area contributed by atoms with Crippen LogP contribution in [-0.4, -0.2) is 37.6 Å². The van der Waals surface area contributed by atoms with E-state index in [-0.39, 0.29) is 0 Å². The molecule has 1 N–H and O–H groups in total. The third-order valence-corrected chi connectivity index (χ3v) is 2.68. The first-order chi connectivity index (χ1) is 6.84. The third-order valence-electron chi connectivity index (χ3n) is 2.68. The Morgan fingerprint density at radius 2 is 2.14 bits per heavy atom. The molecule has 0 saturated carbocycles. The molecule has 3 nitrogen and oxygen atoms in total. The fraction of sp³-hybridized carbons (Fsp3) is 0.636. The molecule has 2 heterocycles. The summed E-state index contributed by atoms with van der Waals surface area (Å²) in [5.41, 5.74) is 0. The summed E-state index contributed by atoms with van der Waals surface area (Å²) in [6.45, 7) is 7.69. The highest BCUT2D eigenvalue weighted by molar-refractivity contribution is 5.05. The summed E-state index contributed by atoms with van der Waals surface area (Å²) >= 11 is 0. The molecule has 0 radical (unpaired) electrons. The topological polar surface area (TPSA) is 28.4 Å². The lowest BCUT2D eigenvalue weighted by Crippen LogP contribution is -2.44. The molecule has 0 spiro atoms. The molecular formula is C11H18N2O. The van der Waals surface area contributed by atoms with Gasteiger partial charge in [-0.05, 0) is 19.1 Å². The normalized spacial score (nSPS) is 18.6. The Morgan fingerprint density at radius 3 is 2.79 bits per heavy atom. The highest BCUT2D eigenvalue weighted by Gasteiger charge is 2.09. The summed E-state index contributed by atoms with van der Waals surface area (Å²) in [5, 5.41) is 3.35. The largest absolute Gasteiger partial charge is 0.466 e. The molecule has 0 unspecified atom stereocenters.